The van der Waals surface area contributed by atoms with Gasteiger partial charge in [-0.15, -0.1) is 0 Å². The molecule has 1 saturated heterocycles. The zero-order valence-electron chi connectivity index (χ0n) is 13.2. The fraction of sp³-hybridized carbons (Fsp3) is 0.316. The second-order valence-electron chi connectivity index (χ2n) is 6.15. The third-order valence-electron chi connectivity index (χ3n) is 4.54. The van der Waals surface area contributed by atoms with Crippen molar-refractivity contribution in [2.45, 2.75) is 5.92 Å². The van der Waals surface area contributed by atoms with Crippen LogP contribution in [-0.4, -0.2) is 38.5 Å². The molecule has 3 rings (SSSR count). The largest absolute Gasteiger partial charge is 0.337 e. The van der Waals surface area contributed by atoms with E-state index < -0.39 is 0 Å². The Labute approximate surface area is 136 Å². The molecule has 0 aliphatic carbocycles. The fourth-order valence-corrected chi connectivity index (χ4v) is 3.24. The number of hydrogen-bond donors (Lipinski definition) is 2. The first kappa shape index (κ1) is 15.8. The number of piperazine rings is 1. The molecule has 1 heterocycles. The molecule has 0 unspecified atom stereocenters. The molecule has 1 fully saturated rings. The van der Waals surface area contributed by atoms with E-state index in [-0.39, 0.29) is 17.5 Å². The SMILES string of the molecule is O=C(c1ccc(F)cc1)[C@H](C[NH+]1CC[NH2+]CC1)c1ccccc1. The Morgan fingerprint density at radius 2 is 1.70 bits per heavy atom. The molecular weight excluding hydrogens is 291 g/mol. The first-order valence-corrected chi connectivity index (χ1v) is 8.24. The van der Waals surface area contributed by atoms with Crippen molar-refractivity contribution in [2.24, 2.45) is 0 Å². The molecule has 3 nitrogen and oxygen atoms in total. The van der Waals surface area contributed by atoms with E-state index in [4.69, 9.17) is 0 Å². The normalized spacial score (nSPS) is 16.9. The number of rotatable bonds is 5. The van der Waals surface area contributed by atoms with Crippen molar-refractivity contribution < 1.29 is 19.4 Å². The number of hydrogen-bond acceptors (Lipinski definition) is 1. The van der Waals surface area contributed by atoms with Gasteiger partial charge in [-0.2, -0.15) is 0 Å². The molecule has 2 aromatic rings. The molecule has 0 aromatic heterocycles. The highest BCUT2D eigenvalue weighted by Gasteiger charge is 2.28. The zero-order chi connectivity index (χ0) is 16.1. The summed E-state index contributed by atoms with van der Waals surface area (Å²) in [4.78, 5) is 14.5. The summed E-state index contributed by atoms with van der Waals surface area (Å²) < 4.78 is 13.1. The van der Waals surface area contributed by atoms with Crippen molar-refractivity contribution >= 4 is 5.78 Å². The lowest BCUT2D eigenvalue weighted by Gasteiger charge is -2.26. The van der Waals surface area contributed by atoms with Crippen LogP contribution in [0, 0.1) is 5.82 Å². The van der Waals surface area contributed by atoms with Crippen LogP contribution in [0.2, 0.25) is 0 Å². The Bertz CT molecular complexity index is 636. The molecule has 120 valence electrons. The van der Waals surface area contributed by atoms with Gasteiger partial charge in [0, 0.05) is 5.56 Å². The topological polar surface area (TPSA) is 38.1 Å². The van der Waals surface area contributed by atoms with E-state index in [1.807, 2.05) is 30.3 Å². The molecule has 1 aliphatic heterocycles. The van der Waals surface area contributed by atoms with Gasteiger partial charge in [0.25, 0.3) is 0 Å². The van der Waals surface area contributed by atoms with Crippen LogP contribution in [0.1, 0.15) is 21.8 Å². The monoisotopic (exact) mass is 314 g/mol. The Hall–Kier alpha value is -2.04. The van der Waals surface area contributed by atoms with Crippen molar-refractivity contribution in [1.29, 1.82) is 0 Å². The minimum atomic E-state index is -0.310. The van der Waals surface area contributed by atoms with Gasteiger partial charge in [-0.25, -0.2) is 4.39 Å². The van der Waals surface area contributed by atoms with Crippen LogP contribution in [0.3, 0.4) is 0 Å². The molecule has 0 amide bonds. The van der Waals surface area contributed by atoms with E-state index in [2.05, 4.69) is 5.32 Å². The van der Waals surface area contributed by atoms with Crippen molar-refractivity contribution in [3.8, 4) is 0 Å². The minimum absolute atomic E-state index is 0.0817. The highest BCUT2D eigenvalue weighted by Crippen LogP contribution is 2.20. The van der Waals surface area contributed by atoms with Gasteiger partial charge in [0.1, 0.15) is 32.0 Å². The van der Waals surface area contributed by atoms with E-state index >= 15 is 0 Å². The average Bonchev–Trinajstić information content (AvgIpc) is 2.61. The summed E-state index contributed by atoms with van der Waals surface area (Å²) >= 11 is 0. The molecule has 0 spiro atoms. The van der Waals surface area contributed by atoms with Gasteiger partial charge >= 0.3 is 0 Å². The summed E-state index contributed by atoms with van der Waals surface area (Å²) in [5, 5.41) is 2.32. The third-order valence-corrected chi connectivity index (χ3v) is 4.54. The van der Waals surface area contributed by atoms with Gasteiger partial charge in [0.2, 0.25) is 0 Å². The summed E-state index contributed by atoms with van der Waals surface area (Å²) in [5.41, 5.74) is 1.63. The van der Waals surface area contributed by atoms with Gasteiger partial charge in [0.15, 0.2) is 5.78 Å². The van der Waals surface area contributed by atoms with Crippen LogP contribution in [-0.2, 0) is 0 Å². The second kappa shape index (κ2) is 7.49. The lowest BCUT2D eigenvalue weighted by molar-refractivity contribution is -0.947. The quantitative estimate of drug-likeness (QED) is 0.763. The number of nitrogens with two attached hydrogens (primary N) is 1. The van der Waals surface area contributed by atoms with Crippen LogP contribution in [0.5, 0.6) is 0 Å². The van der Waals surface area contributed by atoms with Crippen molar-refractivity contribution in [3.05, 3.63) is 71.5 Å². The summed E-state index contributed by atoms with van der Waals surface area (Å²) in [6.45, 7) is 5.19. The number of quaternary nitrogens is 2. The maximum absolute atomic E-state index is 13.1. The van der Waals surface area contributed by atoms with Crippen molar-refractivity contribution in [2.75, 3.05) is 32.7 Å². The van der Waals surface area contributed by atoms with E-state index in [1.165, 1.54) is 17.0 Å². The second-order valence-corrected chi connectivity index (χ2v) is 6.15. The molecule has 23 heavy (non-hydrogen) atoms. The number of halogens is 1. The Balaban J connectivity index is 1.84. The molecule has 0 bridgehead atoms. The Kier molecular flexibility index (Phi) is 5.16. The summed E-state index contributed by atoms with van der Waals surface area (Å²) in [6, 6.07) is 15.8. The molecule has 1 aliphatic rings. The number of carbonyl (C=O) groups is 1. The summed E-state index contributed by atoms with van der Waals surface area (Å²) in [7, 11) is 0. The summed E-state index contributed by atoms with van der Waals surface area (Å²) in [6.07, 6.45) is 0. The van der Waals surface area contributed by atoms with Gasteiger partial charge < -0.3 is 10.2 Å². The molecule has 4 heteroatoms. The molecule has 0 saturated carbocycles. The number of ketones is 1. The Morgan fingerprint density at radius 1 is 1.04 bits per heavy atom. The predicted molar refractivity (Wildman–Crippen MR) is 87.1 cm³/mol. The standard InChI is InChI=1S/C19H21FN2O/c20-17-8-6-16(7-9-17)19(23)18(15-4-2-1-3-5-15)14-22-12-10-21-11-13-22/h1-9,18,21H,10-14H2/p+2/t18-/m1/s1. The number of benzene rings is 2. The van der Waals surface area contributed by atoms with Gasteiger partial charge in [-0.1, -0.05) is 30.3 Å². The van der Waals surface area contributed by atoms with Gasteiger partial charge in [-0.05, 0) is 29.8 Å². The molecule has 3 N–H and O–H groups in total. The molecular formula is C19H23FN2O+2. The van der Waals surface area contributed by atoms with Crippen molar-refractivity contribution in [1.82, 2.24) is 0 Å². The smallest absolute Gasteiger partial charge is 0.175 e. The van der Waals surface area contributed by atoms with Crippen LogP contribution in [0.25, 0.3) is 0 Å². The molecule has 2 aromatic carbocycles. The van der Waals surface area contributed by atoms with Gasteiger partial charge in [-0.3, -0.25) is 4.79 Å². The maximum Gasteiger partial charge on any atom is 0.175 e. The fourth-order valence-electron chi connectivity index (χ4n) is 3.24. The van der Waals surface area contributed by atoms with Crippen LogP contribution in [0.4, 0.5) is 4.39 Å². The summed E-state index contributed by atoms with van der Waals surface area (Å²) in [5.74, 6) is -0.400. The number of carbonyl (C=O) groups excluding carboxylic acids is 1. The lowest BCUT2D eigenvalue weighted by Crippen LogP contribution is -3.20. The number of nitrogens with one attached hydrogen (secondary N) is 1. The van der Waals surface area contributed by atoms with Crippen molar-refractivity contribution in [3.63, 3.8) is 0 Å². The first-order chi connectivity index (χ1) is 11.2. The Morgan fingerprint density at radius 3 is 2.35 bits per heavy atom. The highest BCUT2D eigenvalue weighted by atomic mass is 19.1. The van der Waals surface area contributed by atoms with E-state index in [0.717, 1.165) is 38.3 Å². The lowest BCUT2D eigenvalue weighted by atomic mass is 9.90. The van der Waals surface area contributed by atoms with E-state index in [1.54, 1.807) is 12.1 Å². The van der Waals surface area contributed by atoms with Crippen LogP contribution < -0.4 is 10.2 Å². The highest BCUT2D eigenvalue weighted by molar-refractivity contribution is 6.01. The number of Topliss-reactive ketones (excluding diaryl/α,β-unsaturated/α-hetero) is 1. The third kappa shape index (κ3) is 4.03. The molecule has 1 atom stereocenters. The average molecular weight is 314 g/mol. The van der Waals surface area contributed by atoms with Crippen LogP contribution >= 0.6 is 0 Å². The van der Waals surface area contributed by atoms with Crippen LogP contribution in [0.15, 0.2) is 54.6 Å². The predicted octanol–water partition coefficient (Wildman–Crippen LogP) is 0.254. The van der Waals surface area contributed by atoms with Gasteiger partial charge in [0.05, 0.1) is 12.5 Å². The van der Waals surface area contributed by atoms with E-state index in [0.29, 0.717) is 5.56 Å². The first-order valence-electron chi connectivity index (χ1n) is 8.24. The minimum Gasteiger partial charge on any atom is -0.337 e. The zero-order valence-corrected chi connectivity index (χ0v) is 13.2. The maximum atomic E-state index is 13.1. The molecule has 0 radical (unpaired) electrons. The van der Waals surface area contributed by atoms with E-state index in [9.17, 15) is 9.18 Å².